The van der Waals surface area contributed by atoms with Crippen LogP contribution in [-0.4, -0.2) is 23.2 Å². The first-order valence-electron chi connectivity index (χ1n) is 4.74. The summed E-state index contributed by atoms with van der Waals surface area (Å²) >= 11 is 0. The van der Waals surface area contributed by atoms with E-state index in [-0.39, 0.29) is 0 Å². The standard InChI is InChI=1S/C11H21NO2/c1-8(2)7-12-11(5,6)10(3,4)9(13)14/h12H,1,7H2,2-6H3,(H,13,14). The topological polar surface area (TPSA) is 49.3 Å². The average Bonchev–Trinajstić information content (AvgIpc) is 2.00. The first kappa shape index (κ1) is 13.2. The predicted molar refractivity (Wildman–Crippen MR) is 58.3 cm³/mol. The Morgan fingerprint density at radius 1 is 1.36 bits per heavy atom. The Morgan fingerprint density at radius 3 is 2.07 bits per heavy atom. The number of carboxylic acids is 1. The van der Waals surface area contributed by atoms with Crippen molar-refractivity contribution in [1.29, 1.82) is 0 Å². The molecule has 0 aromatic rings. The quantitative estimate of drug-likeness (QED) is 0.666. The molecule has 82 valence electrons. The maximum atomic E-state index is 11.0. The summed E-state index contributed by atoms with van der Waals surface area (Å²) in [6.07, 6.45) is 0. The van der Waals surface area contributed by atoms with Crippen molar-refractivity contribution in [3.63, 3.8) is 0 Å². The highest BCUT2D eigenvalue weighted by Crippen LogP contribution is 2.30. The van der Waals surface area contributed by atoms with Crippen LogP contribution in [0.2, 0.25) is 0 Å². The van der Waals surface area contributed by atoms with Crippen molar-refractivity contribution < 1.29 is 9.90 Å². The number of carboxylic acid groups (broad SMARTS) is 1. The molecule has 0 saturated carbocycles. The van der Waals surface area contributed by atoms with Crippen molar-refractivity contribution in [2.24, 2.45) is 5.41 Å². The highest BCUT2D eigenvalue weighted by Gasteiger charge is 2.42. The fourth-order valence-corrected chi connectivity index (χ4v) is 0.860. The molecule has 0 aliphatic rings. The second-order valence-electron chi connectivity index (χ2n) is 4.87. The lowest BCUT2D eigenvalue weighted by Crippen LogP contribution is -2.55. The van der Waals surface area contributed by atoms with E-state index < -0.39 is 16.9 Å². The summed E-state index contributed by atoms with van der Waals surface area (Å²) in [6.45, 7) is 13.6. The van der Waals surface area contributed by atoms with Crippen molar-refractivity contribution in [1.82, 2.24) is 5.32 Å². The van der Waals surface area contributed by atoms with Gasteiger partial charge in [0.2, 0.25) is 0 Å². The lowest BCUT2D eigenvalue weighted by Gasteiger charge is -2.39. The summed E-state index contributed by atoms with van der Waals surface area (Å²) in [5, 5.41) is 12.3. The monoisotopic (exact) mass is 199 g/mol. The van der Waals surface area contributed by atoms with E-state index in [1.165, 1.54) is 0 Å². The molecule has 0 bridgehead atoms. The van der Waals surface area contributed by atoms with Gasteiger partial charge in [0.1, 0.15) is 0 Å². The number of aliphatic carboxylic acids is 1. The molecule has 0 aromatic carbocycles. The molecule has 0 aromatic heterocycles. The molecule has 0 heterocycles. The molecule has 0 spiro atoms. The Labute approximate surface area is 86.2 Å². The molecule has 0 radical (unpaired) electrons. The molecule has 0 amide bonds. The Morgan fingerprint density at radius 2 is 1.79 bits per heavy atom. The molecule has 0 aliphatic carbocycles. The van der Waals surface area contributed by atoms with Gasteiger partial charge in [-0.3, -0.25) is 4.79 Å². The second kappa shape index (κ2) is 4.13. The zero-order valence-corrected chi connectivity index (χ0v) is 9.77. The van der Waals surface area contributed by atoms with E-state index in [9.17, 15) is 4.79 Å². The minimum Gasteiger partial charge on any atom is -0.481 e. The van der Waals surface area contributed by atoms with Crippen LogP contribution in [0.15, 0.2) is 12.2 Å². The van der Waals surface area contributed by atoms with Gasteiger partial charge in [-0.05, 0) is 34.6 Å². The van der Waals surface area contributed by atoms with Gasteiger partial charge in [-0.15, -0.1) is 0 Å². The number of nitrogens with one attached hydrogen (secondary N) is 1. The van der Waals surface area contributed by atoms with Crippen LogP contribution in [-0.2, 0) is 4.79 Å². The van der Waals surface area contributed by atoms with E-state index >= 15 is 0 Å². The van der Waals surface area contributed by atoms with Crippen molar-refractivity contribution in [2.45, 2.75) is 40.2 Å². The normalized spacial score (nSPS) is 12.6. The van der Waals surface area contributed by atoms with E-state index in [1.54, 1.807) is 13.8 Å². The third-order valence-electron chi connectivity index (χ3n) is 2.93. The highest BCUT2D eigenvalue weighted by molar-refractivity contribution is 5.75. The third-order valence-corrected chi connectivity index (χ3v) is 2.93. The van der Waals surface area contributed by atoms with E-state index in [2.05, 4.69) is 11.9 Å². The van der Waals surface area contributed by atoms with Gasteiger partial charge in [0.05, 0.1) is 5.41 Å². The van der Waals surface area contributed by atoms with Gasteiger partial charge >= 0.3 is 5.97 Å². The van der Waals surface area contributed by atoms with Crippen LogP contribution >= 0.6 is 0 Å². The summed E-state index contributed by atoms with van der Waals surface area (Å²) < 4.78 is 0. The zero-order valence-electron chi connectivity index (χ0n) is 9.77. The SMILES string of the molecule is C=C(C)CNC(C)(C)C(C)(C)C(=O)O. The van der Waals surface area contributed by atoms with E-state index in [0.29, 0.717) is 6.54 Å². The Kier molecular flexibility index (Phi) is 3.89. The maximum Gasteiger partial charge on any atom is 0.310 e. The molecule has 0 fully saturated rings. The van der Waals surface area contributed by atoms with Crippen LogP contribution in [0.1, 0.15) is 34.6 Å². The maximum absolute atomic E-state index is 11.0. The molecule has 0 unspecified atom stereocenters. The molecule has 14 heavy (non-hydrogen) atoms. The Bertz CT molecular complexity index is 242. The smallest absolute Gasteiger partial charge is 0.310 e. The summed E-state index contributed by atoms with van der Waals surface area (Å²) in [5.74, 6) is -0.795. The van der Waals surface area contributed by atoms with Crippen LogP contribution in [0.25, 0.3) is 0 Å². The summed E-state index contributed by atoms with van der Waals surface area (Å²) in [4.78, 5) is 11.0. The van der Waals surface area contributed by atoms with Crippen molar-refractivity contribution >= 4 is 5.97 Å². The highest BCUT2D eigenvalue weighted by atomic mass is 16.4. The third kappa shape index (κ3) is 2.84. The van der Waals surface area contributed by atoms with Gasteiger partial charge in [0, 0.05) is 12.1 Å². The van der Waals surface area contributed by atoms with Crippen LogP contribution in [0.4, 0.5) is 0 Å². The number of rotatable bonds is 5. The largest absolute Gasteiger partial charge is 0.481 e. The predicted octanol–water partition coefficient (Wildman–Crippen LogP) is 2.04. The van der Waals surface area contributed by atoms with Gasteiger partial charge < -0.3 is 10.4 Å². The van der Waals surface area contributed by atoms with E-state index in [1.807, 2.05) is 20.8 Å². The second-order valence-corrected chi connectivity index (χ2v) is 4.87. The number of hydrogen-bond acceptors (Lipinski definition) is 2. The molecular formula is C11H21NO2. The summed E-state index contributed by atoms with van der Waals surface area (Å²) in [7, 11) is 0. The van der Waals surface area contributed by atoms with Gasteiger partial charge in [-0.2, -0.15) is 0 Å². The van der Waals surface area contributed by atoms with Gasteiger partial charge in [0.15, 0.2) is 0 Å². The molecule has 3 nitrogen and oxygen atoms in total. The fraction of sp³-hybridized carbons (Fsp3) is 0.727. The Balaban J connectivity index is 4.59. The summed E-state index contributed by atoms with van der Waals surface area (Å²) in [6, 6.07) is 0. The lowest BCUT2D eigenvalue weighted by atomic mass is 9.74. The van der Waals surface area contributed by atoms with Gasteiger partial charge in [0.25, 0.3) is 0 Å². The first-order valence-corrected chi connectivity index (χ1v) is 4.74. The zero-order chi connectivity index (χ0) is 11.6. The van der Waals surface area contributed by atoms with Crippen LogP contribution in [0.3, 0.4) is 0 Å². The van der Waals surface area contributed by atoms with E-state index in [4.69, 9.17) is 5.11 Å². The molecule has 2 N–H and O–H groups in total. The van der Waals surface area contributed by atoms with Crippen molar-refractivity contribution in [2.75, 3.05) is 6.54 Å². The number of hydrogen-bond donors (Lipinski definition) is 2. The van der Waals surface area contributed by atoms with Crippen LogP contribution < -0.4 is 5.32 Å². The lowest BCUT2D eigenvalue weighted by molar-refractivity contribution is -0.151. The Hall–Kier alpha value is -0.830. The molecule has 0 aliphatic heterocycles. The van der Waals surface area contributed by atoms with Gasteiger partial charge in [-0.1, -0.05) is 12.2 Å². The number of carbonyl (C=O) groups is 1. The summed E-state index contributed by atoms with van der Waals surface area (Å²) in [5.41, 5.74) is -0.264. The molecule has 3 heteroatoms. The minimum absolute atomic E-state index is 0.461. The molecule has 0 rings (SSSR count). The van der Waals surface area contributed by atoms with Crippen molar-refractivity contribution in [3.8, 4) is 0 Å². The molecule has 0 atom stereocenters. The fourth-order valence-electron chi connectivity index (χ4n) is 0.860. The average molecular weight is 199 g/mol. The van der Waals surface area contributed by atoms with Crippen LogP contribution in [0.5, 0.6) is 0 Å². The molecule has 0 saturated heterocycles. The van der Waals surface area contributed by atoms with E-state index in [0.717, 1.165) is 5.57 Å². The minimum atomic E-state index is -0.803. The van der Waals surface area contributed by atoms with Gasteiger partial charge in [-0.25, -0.2) is 0 Å². The molecular weight excluding hydrogens is 178 g/mol. The van der Waals surface area contributed by atoms with Crippen LogP contribution in [0, 0.1) is 5.41 Å². The van der Waals surface area contributed by atoms with Crippen molar-refractivity contribution in [3.05, 3.63) is 12.2 Å². The first-order chi connectivity index (χ1) is 6.11.